The van der Waals surface area contributed by atoms with Crippen LogP contribution in [-0.4, -0.2) is 18.5 Å². The first-order valence-electron chi connectivity index (χ1n) is 4.89. The molecule has 1 aliphatic heterocycles. The Bertz CT molecular complexity index is 309. The number of fused-ring (bicyclic) bond motifs is 1. The fourth-order valence-corrected chi connectivity index (χ4v) is 1.54. The molecule has 1 aliphatic rings. The van der Waals surface area contributed by atoms with E-state index in [1.54, 1.807) is 0 Å². The van der Waals surface area contributed by atoms with Gasteiger partial charge in [-0.3, -0.25) is 0 Å². The molecule has 3 nitrogen and oxygen atoms in total. The van der Waals surface area contributed by atoms with Crippen LogP contribution in [0.1, 0.15) is 18.4 Å². The summed E-state index contributed by atoms with van der Waals surface area (Å²) in [6, 6.07) is 6.00. The Morgan fingerprint density at radius 3 is 2.86 bits per heavy atom. The molecule has 0 atom stereocenters. The van der Waals surface area contributed by atoms with Crippen LogP contribution >= 0.6 is 0 Å². The van der Waals surface area contributed by atoms with E-state index in [1.165, 1.54) is 5.56 Å². The second kappa shape index (κ2) is 4.33. The molecular weight excluding hydrogens is 180 g/mol. The van der Waals surface area contributed by atoms with Gasteiger partial charge in [0.1, 0.15) is 0 Å². The normalized spacial score (nSPS) is 13.2. The average molecular weight is 194 g/mol. The van der Waals surface area contributed by atoms with Crippen molar-refractivity contribution in [3.8, 4) is 11.5 Å². The second-order valence-corrected chi connectivity index (χ2v) is 3.37. The summed E-state index contributed by atoms with van der Waals surface area (Å²) in [5.74, 6) is 1.67. The van der Waals surface area contributed by atoms with Crippen molar-refractivity contribution in [2.75, 3.05) is 13.4 Å². The molecule has 0 saturated carbocycles. The van der Waals surface area contributed by atoms with Crippen LogP contribution < -0.4 is 9.47 Å². The predicted octanol–water partition coefficient (Wildman–Crippen LogP) is 1.73. The summed E-state index contributed by atoms with van der Waals surface area (Å²) in [6.45, 7) is 0.597. The maximum absolute atomic E-state index is 8.65. The predicted molar refractivity (Wildman–Crippen MR) is 52.6 cm³/mol. The van der Waals surface area contributed by atoms with Gasteiger partial charge in [0.2, 0.25) is 6.79 Å². The van der Waals surface area contributed by atoms with E-state index in [2.05, 4.69) is 0 Å². The maximum Gasteiger partial charge on any atom is 0.231 e. The van der Waals surface area contributed by atoms with E-state index >= 15 is 0 Å². The van der Waals surface area contributed by atoms with Gasteiger partial charge >= 0.3 is 0 Å². The van der Waals surface area contributed by atoms with Crippen LogP contribution in [0.15, 0.2) is 18.2 Å². The van der Waals surface area contributed by atoms with Gasteiger partial charge in [-0.1, -0.05) is 6.07 Å². The van der Waals surface area contributed by atoms with Gasteiger partial charge in [-0.2, -0.15) is 0 Å². The molecule has 0 spiro atoms. The summed E-state index contributed by atoms with van der Waals surface area (Å²) in [6.07, 6.45) is 2.85. The van der Waals surface area contributed by atoms with Crippen molar-refractivity contribution in [1.82, 2.24) is 0 Å². The number of hydrogen-bond acceptors (Lipinski definition) is 3. The largest absolute Gasteiger partial charge is 0.454 e. The van der Waals surface area contributed by atoms with Crippen molar-refractivity contribution in [3.05, 3.63) is 23.8 Å². The van der Waals surface area contributed by atoms with Crippen LogP contribution in [0, 0.1) is 0 Å². The van der Waals surface area contributed by atoms with Crippen LogP contribution in [0.5, 0.6) is 11.5 Å². The lowest BCUT2D eigenvalue weighted by molar-refractivity contribution is 0.174. The third-order valence-electron chi connectivity index (χ3n) is 2.31. The molecule has 0 fully saturated rings. The summed E-state index contributed by atoms with van der Waals surface area (Å²) in [7, 11) is 0. The van der Waals surface area contributed by atoms with Crippen LogP contribution in [0.2, 0.25) is 0 Å². The smallest absolute Gasteiger partial charge is 0.231 e. The Kier molecular flexibility index (Phi) is 2.89. The van der Waals surface area contributed by atoms with Gasteiger partial charge in [0.05, 0.1) is 0 Å². The molecule has 0 saturated heterocycles. The molecule has 2 rings (SSSR count). The number of rotatable bonds is 4. The van der Waals surface area contributed by atoms with E-state index in [9.17, 15) is 0 Å². The zero-order valence-corrected chi connectivity index (χ0v) is 8.03. The average Bonchev–Trinajstić information content (AvgIpc) is 2.65. The lowest BCUT2D eigenvalue weighted by atomic mass is 10.1. The SMILES string of the molecule is OCCCCc1ccc2c(c1)OCO2. The van der Waals surface area contributed by atoms with Gasteiger partial charge in [0.15, 0.2) is 11.5 Å². The molecule has 76 valence electrons. The van der Waals surface area contributed by atoms with Crippen molar-refractivity contribution >= 4 is 0 Å². The zero-order valence-electron chi connectivity index (χ0n) is 8.03. The second-order valence-electron chi connectivity index (χ2n) is 3.37. The van der Waals surface area contributed by atoms with Crippen LogP contribution in [0.25, 0.3) is 0 Å². The van der Waals surface area contributed by atoms with E-state index in [0.29, 0.717) is 6.79 Å². The highest BCUT2D eigenvalue weighted by Gasteiger charge is 2.12. The minimum Gasteiger partial charge on any atom is -0.454 e. The number of aliphatic hydroxyl groups excluding tert-OH is 1. The maximum atomic E-state index is 8.65. The van der Waals surface area contributed by atoms with Gasteiger partial charge in [-0.05, 0) is 37.0 Å². The fourth-order valence-electron chi connectivity index (χ4n) is 1.54. The van der Waals surface area contributed by atoms with Crippen molar-refractivity contribution in [2.24, 2.45) is 0 Å². The molecule has 1 heterocycles. The van der Waals surface area contributed by atoms with E-state index in [1.807, 2.05) is 18.2 Å². The van der Waals surface area contributed by atoms with Crippen molar-refractivity contribution in [3.63, 3.8) is 0 Å². The number of aryl methyl sites for hydroxylation is 1. The molecular formula is C11H14O3. The summed E-state index contributed by atoms with van der Waals surface area (Å²) in [4.78, 5) is 0. The third-order valence-corrected chi connectivity index (χ3v) is 2.31. The van der Waals surface area contributed by atoms with Gasteiger partial charge < -0.3 is 14.6 Å². The minimum absolute atomic E-state index is 0.268. The van der Waals surface area contributed by atoms with Crippen molar-refractivity contribution in [1.29, 1.82) is 0 Å². The topological polar surface area (TPSA) is 38.7 Å². The first-order chi connectivity index (χ1) is 6.90. The Labute approximate surface area is 83.3 Å². The molecule has 0 amide bonds. The van der Waals surface area contributed by atoms with E-state index in [-0.39, 0.29) is 6.61 Å². The number of unbranched alkanes of at least 4 members (excludes halogenated alkanes) is 1. The van der Waals surface area contributed by atoms with Crippen molar-refractivity contribution in [2.45, 2.75) is 19.3 Å². The molecule has 0 bridgehead atoms. The molecule has 0 aliphatic carbocycles. The number of aliphatic hydroxyl groups is 1. The first kappa shape index (κ1) is 9.34. The lowest BCUT2D eigenvalue weighted by Gasteiger charge is -2.01. The first-order valence-corrected chi connectivity index (χ1v) is 4.89. The van der Waals surface area contributed by atoms with Gasteiger partial charge in [0.25, 0.3) is 0 Å². The fraction of sp³-hybridized carbons (Fsp3) is 0.455. The van der Waals surface area contributed by atoms with Crippen molar-refractivity contribution < 1.29 is 14.6 Å². The van der Waals surface area contributed by atoms with Gasteiger partial charge in [-0.25, -0.2) is 0 Å². The van der Waals surface area contributed by atoms with Crippen LogP contribution in [0.3, 0.4) is 0 Å². The summed E-state index contributed by atoms with van der Waals surface area (Å²) < 4.78 is 10.5. The quantitative estimate of drug-likeness (QED) is 0.742. The minimum atomic E-state index is 0.268. The Morgan fingerprint density at radius 2 is 2.00 bits per heavy atom. The Hall–Kier alpha value is -1.22. The van der Waals surface area contributed by atoms with Crippen LogP contribution in [-0.2, 0) is 6.42 Å². The molecule has 1 N–H and O–H groups in total. The monoisotopic (exact) mass is 194 g/mol. The molecule has 3 heteroatoms. The Balaban J connectivity index is 1.98. The lowest BCUT2D eigenvalue weighted by Crippen LogP contribution is -1.93. The zero-order chi connectivity index (χ0) is 9.80. The Morgan fingerprint density at radius 1 is 1.14 bits per heavy atom. The third kappa shape index (κ3) is 1.99. The summed E-state index contributed by atoms with van der Waals surface area (Å²) >= 11 is 0. The van der Waals surface area contributed by atoms with E-state index in [0.717, 1.165) is 30.8 Å². The highest BCUT2D eigenvalue weighted by atomic mass is 16.7. The number of benzene rings is 1. The number of hydrogen-bond donors (Lipinski definition) is 1. The standard InChI is InChI=1S/C11H14O3/c12-6-2-1-3-9-4-5-10-11(7-9)14-8-13-10/h4-5,7,12H,1-3,6,8H2. The highest BCUT2D eigenvalue weighted by molar-refractivity contribution is 5.44. The van der Waals surface area contributed by atoms with Crippen LogP contribution in [0.4, 0.5) is 0 Å². The van der Waals surface area contributed by atoms with E-state index < -0.39 is 0 Å². The summed E-state index contributed by atoms with van der Waals surface area (Å²) in [5, 5.41) is 8.65. The van der Waals surface area contributed by atoms with Gasteiger partial charge in [-0.15, -0.1) is 0 Å². The summed E-state index contributed by atoms with van der Waals surface area (Å²) in [5.41, 5.74) is 1.24. The molecule has 0 aromatic heterocycles. The molecule has 1 aromatic rings. The highest BCUT2D eigenvalue weighted by Crippen LogP contribution is 2.32. The molecule has 0 radical (unpaired) electrons. The molecule has 1 aromatic carbocycles. The van der Waals surface area contributed by atoms with E-state index in [4.69, 9.17) is 14.6 Å². The van der Waals surface area contributed by atoms with Gasteiger partial charge in [0, 0.05) is 6.61 Å². The number of ether oxygens (including phenoxy) is 2. The molecule has 14 heavy (non-hydrogen) atoms. The molecule has 0 unspecified atom stereocenters.